The van der Waals surface area contributed by atoms with Gasteiger partial charge in [0.15, 0.2) is 11.6 Å². The molecule has 0 aliphatic rings. The zero-order valence-electron chi connectivity index (χ0n) is 20.9. The third-order valence-electron chi connectivity index (χ3n) is 5.30. The van der Waals surface area contributed by atoms with Crippen molar-refractivity contribution in [2.75, 3.05) is 6.61 Å². The molecule has 0 atom stereocenters. The van der Waals surface area contributed by atoms with E-state index in [9.17, 15) is 23.6 Å². The minimum Gasteiger partial charge on any atom is -0.462 e. The molecule has 0 radical (unpaired) electrons. The highest BCUT2D eigenvalue weighted by Gasteiger charge is 2.14. The van der Waals surface area contributed by atoms with E-state index in [0.717, 1.165) is 12.2 Å². The molecule has 200 valence electrons. The Labute approximate surface area is 224 Å². The Bertz CT molecular complexity index is 1360. The molecule has 0 unspecified atom stereocenters. The minimum atomic E-state index is -0.755. The number of halogens is 1. The molecule has 0 spiro atoms. The number of ether oxygens (including phenoxy) is 4. The summed E-state index contributed by atoms with van der Waals surface area (Å²) in [5, 5.41) is 0. The van der Waals surface area contributed by atoms with Crippen LogP contribution < -0.4 is 4.74 Å². The Morgan fingerprint density at radius 2 is 1.15 bits per heavy atom. The largest absolute Gasteiger partial charge is 0.462 e. The summed E-state index contributed by atoms with van der Waals surface area (Å²) in [5.74, 6) is -3.41. The van der Waals surface area contributed by atoms with Gasteiger partial charge in [-0.2, -0.15) is 0 Å². The van der Waals surface area contributed by atoms with Crippen molar-refractivity contribution in [1.82, 2.24) is 0 Å². The van der Waals surface area contributed by atoms with Crippen LogP contribution in [0.3, 0.4) is 0 Å². The van der Waals surface area contributed by atoms with E-state index in [0.29, 0.717) is 22.3 Å². The summed E-state index contributed by atoms with van der Waals surface area (Å²) in [7, 11) is 0. The van der Waals surface area contributed by atoms with E-state index in [2.05, 4.69) is 13.2 Å². The van der Waals surface area contributed by atoms with Crippen molar-refractivity contribution in [3.05, 3.63) is 126 Å². The van der Waals surface area contributed by atoms with Crippen LogP contribution in [0.4, 0.5) is 4.39 Å². The third kappa shape index (κ3) is 8.78. The summed E-state index contributed by atoms with van der Waals surface area (Å²) < 4.78 is 34.8. The van der Waals surface area contributed by atoms with Crippen molar-refractivity contribution in [3.8, 4) is 5.75 Å². The first-order valence-corrected chi connectivity index (χ1v) is 11.7. The minimum absolute atomic E-state index is 0.00453. The predicted octanol–water partition coefficient (Wildman–Crippen LogP) is 4.90. The quantitative estimate of drug-likeness (QED) is 0.140. The molecule has 3 rings (SSSR count). The van der Waals surface area contributed by atoms with Gasteiger partial charge >= 0.3 is 23.9 Å². The van der Waals surface area contributed by atoms with E-state index in [-0.39, 0.29) is 37.6 Å². The zero-order valence-corrected chi connectivity index (χ0v) is 20.9. The van der Waals surface area contributed by atoms with Crippen molar-refractivity contribution in [1.29, 1.82) is 0 Å². The van der Waals surface area contributed by atoms with Crippen molar-refractivity contribution in [2.24, 2.45) is 0 Å². The molecule has 0 aliphatic heterocycles. The number of carbonyl (C=O) groups excluding carboxylic acids is 4. The van der Waals surface area contributed by atoms with E-state index in [1.165, 1.54) is 24.3 Å². The molecule has 0 heterocycles. The van der Waals surface area contributed by atoms with Crippen LogP contribution in [-0.4, -0.2) is 30.5 Å². The number of hydrogen-bond donors (Lipinski definition) is 0. The van der Waals surface area contributed by atoms with Crippen molar-refractivity contribution in [2.45, 2.75) is 19.6 Å². The molecule has 0 bridgehead atoms. The number of rotatable bonds is 12. The van der Waals surface area contributed by atoms with Crippen LogP contribution >= 0.6 is 0 Å². The van der Waals surface area contributed by atoms with Gasteiger partial charge in [-0.15, -0.1) is 0 Å². The second-order valence-corrected chi connectivity index (χ2v) is 8.06. The van der Waals surface area contributed by atoms with Gasteiger partial charge in [-0.05, 0) is 53.1 Å². The summed E-state index contributed by atoms with van der Waals surface area (Å²) in [5.41, 5.74) is 2.39. The maximum Gasteiger partial charge on any atom is 0.343 e. The van der Waals surface area contributed by atoms with Gasteiger partial charge in [0.05, 0.1) is 17.7 Å². The Kier molecular flexibility index (Phi) is 10.3. The first-order valence-electron chi connectivity index (χ1n) is 11.7. The Morgan fingerprint density at radius 3 is 1.64 bits per heavy atom. The zero-order chi connectivity index (χ0) is 28.2. The molecule has 8 nitrogen and oxygen atoms in total. The Hall–Kier alpha value is -5.05. The second-order valence-electron chi connectivity index (χ2n) is 8.06. The van der Waals surface area contributed by atoms with Crippen LogP contribution in [0.2, 0.25) is 0 Å². The van der Waals surface area contributed by atoms with Gasteiger partial charge in [0.25, 0.3) is 0 Å². The first kappa shape index (κ1) is 28.5. The van der Waals surface area contributed by atoms with Crippen LogP contribution in [0, 0.1) is 5.82 Å². The van der Waals surface area contributed by atoms with E-state index in [1.807, 2.05) is 0 Å². The lowest BCUT2D eigenvalue weighted by atomic mass is 10.1. The van der Waals surface area contributed by atoms with Crippen molar-refractivity contribution < 1.29 is 42.5 Å². The molecular weight excluding hydrogens is 507 g/mol. The molecule has 0 amide bonds. The number of carbonyl (C=O) groups is 4. The van der Waals surface area contributed by atoms with Crippen LogP contribution in [0.5, 0.6) is 5.75 Å². The normalized spacial score (nSPS) is 10.2. The Morgan fingerprint density at radius 1 is 0.667 bits per heavy atom. The molecule has 39 heavy (non-hydrogen) atoms. The summed E-state index contributed by atoms with van der Waals surface area (Å²) in [6.07, 6.45) is 2.35. The number of hydrogen-bond acceptors (Lipinski definition) is 8. The number of benzene rings is 3. The molecule has 0 N–H and O–H groups in total. The molecular formula is C30H25FO8. The second kappa shape index (κ2) is 14.0. The monoisotopic (exact) mass is 532 g/mol. The van der Waals surface area contributed by atoms with Crippen LogP contribution in [0.1, 0.15) is 37.4 Å². The lowest BCUT2D eigenvalue weighted by Crippen LogP contribution is -2.11. The standard InChI is InChI=1S/C30H25FO8/c1-3-27(32)37-18-21-5-10-23(11-6-21)29(34)36-16-15-20-9-14-26(25(31)17-20)39-30(35)24-12-7-22(8-13-24)19-38-28(33)4-2/h3-14,17H,1-2,15-16,18-19H2. The van der Waals surface area contributed by atoms with Crippen LogP contribution in [0.25, 0.3) is 0 Å². The van der Waals surface area contributed by atoms with Gasteiger partial charge in [-0.25, -0.2) is 23.6 Å². The summed E-state index contributed by atoms with van der Waals surface area (Å²) in [6.45, 7) is 6.71. The van der Waals surface area contributed by atoms with Gasteiger partial charge < -0.3 is 18.9 Å². The first-order chi connectivity index (χ1) is 18.8. The molecule has 3 aromatic rings. The van der Waals surface area contributed by atoms with E-state index < -0.39 is 29.7 Å². The fourth-order valence-electron chi connectivity index (χ4n) is 3.19. The molecule has 9 heteroatoms. The van der Waals surface area contributed by atoms with Gasteiger partial charge in [-0.3, -0.25) is 0 Å². The van der Waals surface area contributed by atoms with Crippen molar-refractivity contribution >= 4 is 23.9 Å². The number of esters is 4. The average molecular weight is 533 g/mol. The lowest BCUT2D eigenvalue weighted by Gasteiger charge is -2.09. The predicted molar refractivity (Wildman–Crippen MR) is 138 cm³/mol. The summed E-state index contributed by atoms with van der Waals surface area (Å²) in [6, 6.07) is 16.6. The van der Waals surface area contributed by atoms with E-state index >= 15 is 0 Å². The van der Waals surface area contributed by atoms with Crippen molar-refractivity contribution in [3.63, 3.8) is 0 Å². The molecule has 3 aromatic carbocycles. The molecule has 0 saturated heterocycles. The maximum absolute atomic E-state index is 14.5. The molecule has 0 fully saturated rings. The molecule has 0 aliphatic carbocycles. The summed E-state index contributed by atoms with van der Waals surface area (Å²) >= 11 is 0. The topological polar surface area (TPSA) is 105 Å². The SMILES string of the molecule is C=CC(=O)OCc1ccc(C(=O)OCCc2ccc(OC(=O)c3ccc(COC(=O)C=C)cc3)c(F)c2)cc1. The van der Waals surface area contributed by atoms with E-state index in [4.69, 9.17) is 18.9 Å². The van der Waals surface area contributed by atoms with Gasteiger partial charge in [0, 0.05) is 18.6 Å². The highest BCUT2D eigenvalue weighted by molar-refractivity contribution is 5.91. The van der Waals surface area contributed by atoms with Gasteiger partial charge in [-0.1, -0.05) is 43.5 Å². The molecule has 0 saturated carbocycles. The average Bonchev–Trinajstić information content (AvgIpc) is 2.96. The van der Waals surface area contributed by atoms with Crippen LogP contribution in [0.15, 0.2) is 92.0 Å². The van der Waals surface area contributed by atoms with Crippen LogP contribution in [-0.2, 0) is 43.4 Å². The Balaban J connectivity index is 1.47. The lowest BCUT2D eigenvalue weighted by molar-refractivity contribution is -0.139. The fourth-order valence-corrected chi connectivity index (χ4v) is 3.19. The third-order valence-corrected chi connectivity index (χ3v) is 5.30. The van der Waals surface area contributed by atoms with E-state index in [1.54, 1.807) is 42.5 Å². The smallest absolute Gasteiger partial charge is 0.343 e. The fraction of sp³-hybridized carbons (Fsp3) is 0.133. The highest BCUT2D eigenvalue weighted by atomic mass is 19.1. The molecule has 0 aromatic heterocycles. The van der Waals surface area contributed by atoms with Gasteiger partial charge in [0.1, 0.15) is 13.2 Å². The summed E-state index contributed by atoms with van der Waals surface area (Å²) in [4.78, 5) is 46.9. The van der Waals surface area contributed by atoms with Gasteiger partial charge in [0.2, 0.25) is 0 Å². The maximum atomic E-state index is 14.5. The highest BCUT2D eigenvalue weighted by Crippen LogP contribution is 2.21.